The first-order valence-corrected chi connectivity index (χ1v) is 11.8. The van der Waals surface area contributed by atoms with E-state index in [1.807, 2.05) is 54.6 Å². The van der Waals surface area contributed by atoms with E-state index in [0.29, 0.717) is 27.9 Å². The smallest absolute Gasteiger partial charge is 0.324 e. The Morgan fingerprint density at radius 3 is 2.47 bits per heavy atom. The number of aromatic nitrogens is 2. The first kappa shape index (κ1) is 25.2. The molecule has 0 aliphatic rings. The monoisotopic (exact) mass is 523 g/mol. The van der Waals surface area contributed by atoms with Crippen LogP contribution in [0, 0.1) is 0 Å². The Morgan fingerprint density at radius 2 is 1.69 bits per heavy atom. The number of hydrogen-bond acceptors (Lipinski definition) is 4. The van der Waals surface area contributed by atoms with Crippen molar-refractivity contribution >= 4 is 46.6 Å². The van der Waals surface area contributed by atoms with E-state index in [1.165, 1.54) is 0 Å². The van der Waals surface area contributed by atoms with Crippen LogP contribution >= 0.6 is 23.2 Å². The highest BCUT2D eigenvalue weighted by atomic mass is 35.5. The minimum atomic E-state index is -0.528. The standard InChI is InChI=1S/C26H23Cl2N5O3/c27-20-10-5-11-21(25(20)28)30-26(36)31-23-16-22(18-7-2-1-3-8-18)32-33(23)19-9-4-6-17(14-19)15-24(35)29-12-13-34/h1-11,14,16,34H,12-13,15H2,(H,29,35)(H2,30,31,36). The van der Waals surface area contributed by atoms with E-state index in [4.69, 9.17) is 33.4 Å². The second-order valence-electron chi connectivity index (χ2n) is 7.79. The van der Waals surface area contributed by atoms with Gasteiger partial charge in [0.15, 0.2) is 0 Å². The van der Waals surface area contributed by atoms with E-state index >= 15 is 0 Å². The molecular weight excluding hydrogens is 501 g/mol. The average molecular weight is 524 g/mol. The van der Waals surface area contributed by atoms with Crippen molar-refractivity contribution in [3.8, 4) is 16.9 Å². The molecule has 36 heavy (non-hydrogen) atoms. The number of carbonyl (C=O) groups excluding carboxylic acids is 2. The molecule has 1 aromatic heterocycles. The van der Waals surface area contributed by atoms with Crippen molar-refractivity contribution in [3.63, 3.8) is 0 Å². The number of rotatable bonds is 8. The van der Waals surface area contributed by atoms with Crippen LogP contribution in [0.1, 0.15) is 5.56 Å². The lowest BCUT2D eigenvalue weighted by molar-refractivity contribution is -0.120. The molecule has 0 atom stereocenters. The maximum atomic E-state index is 12.8. The van der Waals surface area contributed by atoms with Gasteiger partial charge in [0, 0.05) is 18.2 Å². The summed E-state index contributed by atoms with van der Waals surface area (Å²) in [6.45, 7) is 0.0662. The summed E-state index contributed by atoms with van der Waals surface area (Å²) in [7, 11) is 0. The highest BCUT2D eigenvalue weighted by molar-refractivity contribution is 6.44. The molecule has 10 heteroatoms. The quantitative estimate of drug-likeness (QED) is 0.256. The molecule has 0 aliphatic heterocycles. The fourth-order valence-electron chi connectivity index (χ4n) is 3.53. The van der Waals surface area contributed by atoms with Gasteiger partial charge < -0.3 is 15.7 Å². The molecule has 0 saturated carbocycles. The van der Waals surface area contributed by atoms with Gasteiger partial charge >= 0.3 is 6.03 Å². The summed E-state index contributed by atoms with van der Waals surface area (Å²) in [4.78, 5) is 25.0. The molecule has 0 unspecified atom stereocenters. The van der Waals surface area contributed by atoms with Gasteiger partial charge in [-0.3, -0.25) is 10.1 Å². The predicted octanol–water partition coefficient (Wildman–Crippen LogP) is 5.14. The minimum absolute atomic E-state index is 0.126. The molecule has 4 rings (SSSR count). The molecule has 0 fully saturated rings. The third-order valence-corrected chi connectivity index (χ3v) is 5.99. The third kappa shape index (κ3) is 6.23. The van der Waals surface area contributed by atoms with E-state index in [2.05, 4.69) is 16.0 Å². The number of hydrogen-bond donors (Lipinski definition) is 4. The van der Waals surface area contributed by atoms with E-state index < -0.39 is 6.03 Å². The summed E-state index contributed by atoms with van der Waals surface area (Å²) in [5.41, 5.74) is 3.29. The van der Waals surface area contributed by atoms with E-state index in [0.717, 1.165) is 11.1 Å². The van der Waals surface area contributed by atoms with Crippen molar-refractivity contribution < 1.29 is 14.7 Å². The lowest BCUT2D eigenvalue weighted by Crippen LogP contribution is -2.27. The largest absolute Gasteiger partial charge is 0.395 e. The highest BCUT2D eigenvalue weighted by Gasteiger charge is 2.16. The Kier molecular flexibility index (Phi) is 8.22. The molecule has 8 nitrogen and oxygen atoms in total. The minimum Gasteiger partial charge on any atom is -0.395 e. The molecule has 4 N–H and O–H groups in total. The molecule has 1 heterocycles. The van der Waals surface area contributed by atoms with Gasteiger partial charge in [-0.2, -0.15) is 5.10 Å². The number of benzene rings is 3. The zero-order valence-electron chi connectivity index (χ0n) is 19.0. The van der Waals surface area contributed by atoms with Crippen LogP contribution in [0.5, 0.6) is 0 Å². The summed E-state index contributed by atoms with van der Waals surface area (Å²) >= 11 is 12.3. The third-order valence-electron chi connectivity index (χ3n) is 5.17. The summed E-state index contributed by atoms with van der Waals surface area (Å²) in [6.07, 6.45) is 0.136. The Bertz CT molecular complexity index is 1380. The zero-order chi connectivity index (χ0) is 25.5. The summed E-state index contributed by atoms with van der Waals surface area (Å²) in [5.74, 6) is 0.203. The molecule has 0 radical (unpaired) electrons. The zero-order valence-corrected chi connectivity index (χ0v) is 20.6. The van der Waals surface area contributed by atoms with Crippen LogP contribution in [0.25, 0.3) is 16.9 Å². The second-order valence-corrected chi connectivity index (χ2v) is 8.58. The fraction of sp³-hybridized carbons (Fsp3) is 0.115. The summed E-state index contributed by atoms with van der Waals surface area (Å²) in [5, 5.41) is 22.3. The number of amides is 3. The highest BCUT2D eigenvalue weighted by Crippen LogP contribution is 2.30. The van der Waals surface area contributed by atoms with Crippen LogP contribution in [-0.2, 0) is 11.2 Å². The SMILES string of the molecule is O=C(Cc1cccc(-n2nc(-c3ccccc3)cc2NC(=O)Nc2cccc(Cl)c2Cl)c1)NCCO. The maximum Gasteiger partial charge on any atom is 0.324 e. The Labute approximate surface area is 217 Å². The molecule has 0 aliphatic carbocycles. The number of nitrogens with zero attached hydrogens (tertiary/aromatic N) is 2. The van der Waals surface area contributed by atoms with Crippen LogP contribution in [-0.4, -0.2) is 40.0 Å². The summed E-state index contributed by atoms with van der Waals surface area (Å²) < 4.78 is 1.59. The maximum absolute atomic E-state index is 12.8. The van der Waals surface area contributed by atoms with Crippen molar-refractivity contribution in [1.29, 1.82) is 0 Å². The molecule has 0 spiro atoms. The number of halogens is 2. The number of aliphatic hydroxyl groups is 1. The van der Waals surface area contributed by atoms with Gasteiger partial charge in [0.25, 0.3) is 0 Å². The average Bonchev–Trinajstić information content (AvgIpc) is 3.30. The molecule has 3 aromatic carbocycles. The first-order chi connectivity index (χ1) is 17.4. The Morgan fingerprint density at radius 1 is 0.917 bits per heavy atom. The lowest BCUT2D eigenvalue weighted by Gasteiger charge is -2.12. The van der Waals surface area contributed by atoms with Gasteiger partial charge in [-0.25, -0.2) is 9.48 Å². The molecule has 3 amide bonds. The molecule has 4 aromatic rings. The van der Waals surface area contributed by atoms with Crippen molar-refractivity contribution in [2.45, 2.75) is 6.42 Å². The molecule has 0 saturated heterocycles. The Balaban J connectivity index is 1.64. The summed E-state index contributed by atoms with van der Waals surface area (Å²) in [6, 6.07) is 23.0. The molecule has 0 bridgehead atoms. The van der Waals surface area contributed by atoms with Gasteiger partial charge in [-0.05, 0) is 29.8 Å². The van der Waals surface area contributed by atoms with Crippen molar-refractivity contribution in [2.24, 2.45) is 0 Å². The lowest BCUT2D eigenvalue weighted by atomic mass is 10.1. The van der Waals surface area contributed by atoms with E-state index in [-0.39, 0.29) is 30.5 Å². The molecular formula is C26H23Cl2N5O3. The number of carbonyl (C=O) groups is 2. The van der Waals surface area contributed by atoms with Gasteiger partial charge in [-0.1, -0.05) is 71.7 Å². The number of aliphatic hydroxyl groups excluding tert-OH is 1. The van der Waals surface area contributed by atoms with Gasteiger partial charge in [0.2, 0.25) is 5.91 Å². The second kappa shape index (κ2) is 11.7. The molecule has 184 valence electrons. The van der Waals surface area contributed by atoms with Gasteiger partial charge in [0.1, 0.15) is 5.82 Å². The van der Waals surface area contributed by atoms with Crippen molar-refractivity contribution in [3.05, 3.63) is 94.5 Å². The van der Waals surface area contributed by atoms with E-state index in [1.54, 1.807) is 28.9 Å². The topological polar surface area (TPSA) is 108 Å². The van der Waals surface area contributed by atoms with Crippen LogP contribution in [0.4, 0.5) is 16.3 Å². The van der Waals surface area contributed by atoms with Crippen LogP contribution in [0.2, 0.25) is 10.0 Å². The van der Waals surface area contributed by atoms with Crippen molar-refractivity contribution in [1.82, 2.24) is 15.1 Å². The predicted molar refractivity (Wildman–Crippen MR) is 142 cm³/mol. The van der Waals surface area contributed by atoms with Gasteiger partial charge in [-0.15, -0.1) is 0 Å². The van der Waals surface area contributed by atoms with E-state index in [9.17, 15) is 9.59 Å². The first-order valence-electron chi connectivity index (χ1n) is 11.1. The van der Waals surface area contributed by atoms with Crippen molar-refractivity contribution in [2.75, 3.05) is 23.8 Å². The Hall–Kier alpha value is -3.85. The van der Waals surface area contributed by atoms with Crippen LogP contribution in [0.15, 0.2) is 78.9 Å². The number of urea groups is 1. The van der Waals surface area contributed by atoms with Gasteiger partial charge in [0.05, 0.1) is 40.1 Å². The normalized spacial score (nSPS) is 10.6. The number of anilines is 2. The number of nitrogens with one attached hydrogen (secondary N) is 3. The van der Waals surface area contributed by atoms with Crippen LogP contribution in [0.3, 0.4) is 0 Å². The fourth-order valence-corrected chi connectivity index (χ4v) is 3.88. The van der Waals surface area contributed by atoms with Crippen LogP contribution < -0.4 is 16.0 Å².